The predicted octanol–water partition coefficient (Wildman–Crippen LogP) is 2.56. The van der Waals surface area contributed by atoms with E-state index in [1.807, 2.05) is 0 Å². The van der Waals surface area contributed by atoms with E-state index in [1.165, 1.54) is 30.8 Å². The molecule has 0 radical (unpaired) electrons. The van der Waals surface area contributed by atoms with Gasteiger partial charge in [-0.05, 0) is 12.1 Å². The number of nitrogens with zero attached hydrogens (tertiary/aromatic N) is 3. The number of carbonyl (C=O) groups excluding carboxylic acids is 1. The second-order valence-corrected chi connectivity index (χ2v) is 5.90. The normalized spacial score (nSPS) is 10.6. The molecule has 0 bridgehead atoms. The number of primary amides is 1. The third kappa shape index (κ3) is 3.59. The number of ether oxygens (including phenoxy) is 2. The first-order chi connectivity index (χ1) is 12.5. The molecule has 3 rings (SSSR count). The predicted molar refractivity (Wildman–Crippen MR) is 88.9 cm³/mol. The summed E-state index contributed by atoms with van der Waals surface area (Å²) >= 11 is 1.27. The molecular weight excluding hydrogens is 366 g/mol. The number of hydrogen-bond donors (Lipinski definition) is 1. The molecule has 0 unspecified atom stereocenters. The van der Waals surface area contributed by atoms with Gasteiger partial charge in [0.2, 0.25) is 5.88 Å². The molecule has 0 aliphatic heterocycles. The monoisotopic (exact) mass is 378 g/mol. The molecule has 0 fully saturated rings. The fraction of sp³-hybridized carbons (Fsp3) is 0.125. The minimum Gasteiger partial charge on any atom is -0.483 e. The summed E-state index contributed by atoms with van der Waals surface area (Å²) in [6.45, 7) is -0.0744. The number of methoxy groups -OCH3 is 1. The summed E-state index contributed by atoms with van der Waals surface area (Å²) in [5.41, 5.74) is 5.25. The second-order valence-electron chi connectivity index (χ2n) is 4.96. The van der Waals surface area contributed by atoms with Gasteiger partial charge in [0.05, 0.1) is 19.5 Å². The smallest absolute Gasteiger partial charge is 0.254 e. The highest BCUT2D eigenvalue weighted by Crippen LogP contribution is 2.25. The molecule has 2 heterocycles. The summed E-state index contributed by atoms with van der Waals surface area (Å²) in [4.78, 5) is 23.7. The molecule has 7 nitrogen and oxygen atoms in total. The van der Waals surface area contributed by atoms with Crippen molar-refractivity contribution in [3.63, 3.8) is 0 Å². The fourth-order valence-corrected chi connectivity index (χ4v) is 2.76. The third-order valence-corrected chi connectivity index (χ3v) is 4.13. The molecule has 134 valence electrons. The Morgan fingerprint density at radius 1 is 1.23 bits per heavy atom. The van der Waals surface area contributed by atoms with Crippen LogP contribution in [0, 0.1) is 11.6 Å². The molecule has 0 spiro atoms. The Labute approximate surface area is 150 Å². The molecule has 0 saturated carbocycles. The minimum atomic E-state index is -1.21. The van der Waals surface area contributed by atoms with Crippen LogP contribution in [0.15, 0.2) is 29.9 Å². The van der Waals surface area contributed by atoms with Gasteiger partial charge in [0.1, 0.15) is 34.4 Å². The van der Waals surface area contributed by atoms with Gasteiger partial charge in [0.25, 0.3) is 5.91 Å². The lowest BCUT2D eigenvalue weighted by Crippen LogP contribution is -2.16. The van der Waals surface area contributed by atoms with Gasteiger partial charge in [-0.2, -0.15) is 0 Å². The number of carbonyl (C=O) groups is 1. The molecule has 1 aromatic carbocycles. The van der Waals surface area contributed by atoms with Crippen LogP contribution in [-0.2, 0) is 6.61 Å². The Bertz CT molecular complexity index is 947. The molecule has 26 heavy (non-hydrogen) atoms. The maximum Gasteiger partial charge on any atom is 0.254 e. The number of aromatic nitrogens is 3. The first-order valence-electron chi connectivity index (χ1n) is 7.21. The fourth-order valence-electron chi connectivity index (χ4n) is 2.06. The first kappa shape index (κ1) is 17.7. The van der Waals surface area contributed by atoms with Crippen molar-refractivity contribution in [2.75, 3.05) is 7.11 Å². The van der Waals surface area contributed by atoms with E-state index >= 15 is 0 Å². The Morgan fingerprint density at radius 2 is 2.04 bits per heavy atom. The Morgan fingerprint density at radius 3 is 2.69 bits per heavy atom. The van der Waals surface area contributed by atoms with Crippen LogP contribution in [-0.4, -0.2) is 28.0 Å². The number of halogens is 2. The summed E-state index contributed by atoms with van der Waals surface area (Å²) in [5, 5.41) is 2.27. The van der Waals surface area contributed by atoms with Gasteiger partial charge in [0.15, 0.2) is 11.6 Å². The van der Waals surface area contributed by atoms with E-state index < -0.39 is 23.1 Å². The zero-order valence-electron chi connectivity index (χ0n) is 13.4. The van der Waals surface area contributed by atoms with Crippen LogP contribution in [0.5, 0.6) is 11.6 Å². The molecule has 1 amide bonds. The maximum absolute atomic E-state index is 14.1. The summed E-state index contributed by atoms with van der Waals surface area (Å²) in [5.74, 6) is -3.31. The van der Waals surface area contributed by atoms with E-state index in [0.717, 1.165) is 12.1 Å². The highest BCUT2D eigenvalue weighted by Gasteiger charge is 2.19. The lowest BCUT2D eigenvalue weighted by Gasteiger charge is -2.08. The standard InChI is InChI=1S/C16H12F2N4O3S/c1-24-12-5-20-9(4-21-12)10-7-26-13(22-10)6-25-11-3-2-8(17)14(15(11)18)16(19)23/h2-5,7H,6H2,1H3,(H2,19,23). The molecule has 10 heteroatoms. The maximum atomic E-state index is 14.1. The van der Waals surface area contributed by atoms with Crippen LogP contribution in [0.3, 0.4) is 0 Å². The summed E-state index contributed by atoms with van der Waals surface area (Å²) < 4.78 is 37.8. The number of rotatable bonds is 6. The lowest BCUT2D eigenvalue weighted by molar-refractivity contribution is 0.0991. The summed E-state index contributed by atoms with van der Waals surface area (Å²) in [6.07, 6.45) is 2.97. The minimum absolute atomic E-state index is 0.0744. The largest absolute Gasteiger partial charge is 0.483 e. The zero-order chi connectivity index (χ0) is 18.7. The SMILES string of the molecule is COc1cnc(-c2csc(COc3ccc(F)c(C(N)=O)c3F)n2)cn1. The van der Waals surface area contributed by atoms with Crippen molar-refractivity contribution in [3.8, 4) is 23.0 Å². The topological polar surface area (TPSA) is 100 Å². The van der Waals surface area contributed by atoms with Crippen molar-refractivity contribution in [1.82, 2.24) is 15.0 Å². The molecule has 0 atom stereocenters. The first-order valence-corrected chi connectivity index (χ1v) is 8.09. The van der Waals surface area contributed by atoms with Crippen LogP contribution in [0.25, 0.3) is 11.4 Å². The summed E-state index contributed by atoms with van der Waals surface area (Å²) in [6, 6.07) is 2.00. The van der Waals surface area contributed by atoms with Gasteiger partial charge in [-0.3, -0.25) is 4.79 Å². The van der Waals surface area contributed by atoms with Crippen LogP contribution in [0.4, 0.5) is 8.78 Å². The second kappa shape index (κ2) is 7.40. The van der Waals surface area contributed by atoms with Crippen molar-refractivity contribution < 1.29 is 23.0 Å². The molecule has 0 saturated heterocycles. The number of thiazole rings is 1. The molecule has 0 aliphatic rings. The Hall–Kier alpha value is -3.14. The number of hydrogen-bond acceptors (Lipinski definition) is 7. The van der Waals surface area contributed by atoms with Gasteiger partial charge in [-0.15, -0.1) is 11.3 Å². The van der Waals surface area contributed by atoms with Gasteiger partial charge < -0.3 is 15.2 Å². The molecule has 0 aliphatic carbocycles. The Balaban J connectivity index is 1.74. The third-order valence-electron chi connectivity index (χ3n) is 3.30. The number of amides is 1. The quantitative estimate of drug-likeness (QED) is 0.708. The van der Waals surface area contributed by atoms with Crippen LogP contribution < -0.4 is 15.2 Å². The van der Waals surface area contributed by atoms with Crippen molar-refractivity contribution >= 4 is 17.2 Å². The molecule has 2 N–H and O–H groups in total. The van der Waals surface area contributed by atoms with E-state index in [-0.39, 0.29) is 12.4 Å². The van der Waals surface area contributed by atoms with Crippen molar-refractivity contribution in [2.24, 2.45) is 5.73 Å². The molecular formula is C16H12F2N4O3S. The van der Waals surface area contributed by atoms with Crippen LogP contribution >= 0.6 is 11.3 Å². The van der Waals surface area contributed by atoms with Crippen molar-refractivity contribution in [1.29, 1.82) is 0 Å². The van der Waals surface area contributed by atoms with Crippen molar-refractivity contribution in [2.45, 2.75) is 6.61 Å². The average molecular weight is 378 g/mol. The van der Waals surface area contributed by atoms with E-state index in [2.05, 4.69) is 15.0 Å². The molecule has 3 aromatic rings. The van der Waals surface area contributed by atoms with Crippen LogP contribution in [0.1, 0.15) is 15.4 Å². The van der Waals surface area contributed by atoms with Gasteiger partial charge in [-0.25, -0.2) is 23.7 Å². The highest BCUT2D eigenvalue weighted by atomic mass is 32.1. The molecule has 2 aromatic heterocycles. The summed E-state index contributed by atoms with van der Waals surface area (Å²) in [7, 11) is 1.49. The van der Waals surface area contributed by atoms with Gasteiger partial charge >= 0.3 is 0 Å². The van der Waals surface area contributed by atoms with Crippen molar-refractivity contribution in [3.05, 3.63) is 52.1 Å². The van der Waals surface area contributed by atoms with Crippen LogP contribution in [0.2, 0.25) is 0 Å². The van der Waals surface area contributed by atoms with Gasteiger partial charge in [0, 0.05) is 5.38 Å². The Kier molecular flexibility index (Phi) is 5.03. The zero-order valence-corrected chi connectivity index (χ0v) is 14.2. The number of benzene rings is 1. The van der Waals surface area contributed by atoms with Gasteiger partial charge in [-0.1, -0.05) is 0 Å². The highest BCUT2D eigenvalue weighted by molar-refractivity contribution is 7.09. The van der Waals surface area contributed by atoms with E-state index in [1.54, 1.807) is 5.38 Å². The number of nitrogens with two attached hydrogens (primary N) is 1. The van der Waals surface area contributed by atoms with E-state index in [9.17, 15) is 13.6 Å². The lowest BCUT2D eigenvalue weighted by atomic mass is 10.2. The van der Waals surface area contributed by atoms with E-state index in [0.29, 0.717) is 22.3 Å². The average Bonchev–Trinajstić information content (AvgIpc) is 3.10. The van der Waals surface area contributed by atoms with E-state index in [4.69, 9.17) is 15.2 Å².